The Hall–Kier alpha value is -1.31. The predicted octanol–water partition coefficient (Wildman–Crippen LogP) is 2.53. The summed E-state index contributed by atoms with van der Waals surface area (Å²) < 4.78 is 5.03. The minimum absolute atomic E-state index is 0.119. The minimum atomic E-state index is -0.119. The maximum atomic E-state index is 11.0. The van der Waals surface area contributed by atoms with E-state index in [9.17, 15) is 4.79 Å². The molecule has 0 spiro atoms. The molecule has 0 unspecified atom stereocenters. The number of carbonyl (C=O) groups is 1. The largest absolute Gasteiger partial charge is 0.461 e. The molecule has 1 aromatic carbocycles. The molecule has 0 radical (unpaired) electrons. The van der Waals surface area contributed by atoms with Gasteiger partial charge in [-0.25, -0.2) is 0 Å². The van der Waals surface area contributed by atoms with E-state index in [-0.39, 0.29) is 5.97 Å². The zero-order chi connectivity index (χ0) is 9.52. The highest BCUT2D eigenvalue weighted by Gasteiger charge is 2.00. The summed E-state index contributed by atoms with van der Waals surface area (Å²) in [5.74, 6) is -0.119. The Morgan fingerprint density at radius 3 is 2.62 bits per heavy atom. The highest BCUT2D eigenvalue weighted by atomic mass is 16.5. The van der Waals surface area contributed by atoms with Crippen molar-refractivity contribution in [2.24, 2.45) is 0 Å². The first-order valence-corrected chi connectivity index (χ1v) is 4.52. The Labute approximate surface area is 78.5 Å². The lowest BCUT2D eigenvalue weighted by atomic mass is 10.2. The van der Waals surface area contributed by atoms with Gasteiger partial charge in [0, 0.05) is 6.42 Å². The standard InChI is InChI=1S/C11H14O2/c1-2-6-11(12)13-9-10-7-4-3-5-8-10/h3-5,7-8H,2,6,9H2,1H3. The van der Waals surface area contributed by atoms with Crippen LogP contribution in [0.1, 0.15) is 25.3 Å². The number of esters is 1. The average Bonchev–Trinajstić information content (AvgIpc) is 2.17. The van der Waals surface area contributed by atoms with Gasteiger partial charge < -0.3 is 4.74 Å². The van der Waals surface area contributed by atoms with Gasteiger partial charge >= 0.3 is 5.97 Å². The molecular formula is C11H14O2. The van der Waals surface area contributed by atoms with Crippen LogP contribution in [0.4, 0.5) is 0 Å². The number of carbonyl (C=O) groups excluding carboxylic acids is 1. The molecule has 1 aromatic rings. The second kappa shape index (κ2) is 5.36. The fourth-order valence-electron chi connectivity index (χ4n) is 1.01. The Morgan fingerprint density at radius 2 is 2.00 bits per heavy atom. The van der Waals surface area contributed by atoms with E-state index in [1.165, 1.54) is 0 Å². The van der Waals surface area contributed by atoms with Crippen LogP contribution in [0, 0.1) is 0 Å². The Bertz CT molecular complexity index is 254. The van der Waals surface area contributed by atoms with Gasteiger partial charge in [0.2, 0.25) is 0 Å². The lowest BCUT2D eigenvalue weighted by Gasteiger charge is -2.02. The van der Waals surface area contributed by atoms with Crippen molar-refractivity contribution in [1.82, 2.24) is 0 Å². The van der Waals surface area contributed by atoms with Crippen LogP contribution < -0.4 is 0 Å². The first-order chi connectivity index (χ1) is 6.33. The molecule has 0 N–H and O–H groups in total. The molecule has 2 heteroatoms. The molecule has 0 saturated heterocycles. The van der Waals surface area contributed by atoms with Gasteiger partial charge in [0.05, 0.1) is 0 Å². The van der Waals surface area contributed by atoms with Gasteiger partial charge in [0.25, 0.3) is 0 Å². The van der Waals surface area contributed by atoms with Crippen LogP contribution in [0.5, 0.6) is 0 Å². The van der Waals surface area contributed by atoms with Gasteiger partial charge in [-0.05, 0) is 12.0 Å². The Morgan fingerprint density at radius 1 is 1.31 bits per heavy atom. The third-order valence-electron chi connectivity index (χ3n) is 1.70. The molecule has 0 atom stereocenters. The summed E-state index contributed by atoms with van der Waals surface area (Å²) in [6.45, 7) is 2.35. The highest BCUT2D eigenvalue weighted by molar-refractivity contribution is 5.69. The number of hydrogen-bond donors (Lipinski definition) is 0. The third-order valence-corrected chi connectivity index (χ3v) is 1.70. The molecule has 13 heavy (non-hydrogen) atoms. The summed E-state index contributed by atoms with van der Waals surface area (Å²) in [5, 5.41) is 0. The van der Waals surface area contributed by atoms with E-state index < -0.39 is 0 Å². The van der Waals surface area contributed by atoms with Gasteiger partial charge in [-0.15, -0.1) is 0 Å². The molecule has 0 fully saturated rings. The summed E-state index contributed by atoms with van der Waals surface area (Å²) in [6, 6.07) is 9.70. The fourth-order valence-corrected chi connectivity index (χ4v) is 1.01. The van der Waals surface area contributed by atoms with E-state index in [0.717, 1.165) is 12.0 Å². The van der Waals surface area contributed by atoms with Gasteiger partial charge in [0.15, 0.2) is 0 Å². The van der Waals surface area contributed by atoms with Crippen molar-refractivity contribution in [1.29, 1.82) is 0 Å². The minimum Gasteiger partial charge on any atom is -0.461 e. The van der Waals surface area contributed by atoms with Gasteiger partial charge in [-0.1, -0.05) is 37.3 Å². The Kier molecular flexibility index (Phi) is 4.03. The summed E-state index contributed by atoms with van der Waals surface area (Å²) >= 11 is 0. The van der Waals surface area contributed by atoms with Crippen molar-refractivity contribution in [2.45, 2.75) is 26.4 Å². The normalized spacial score (nSPS) is 9.62. The van der Waals surface area contributed by atoms with Crippen molar-refractivity contribution in [3.05, 3.63) is 35.9 Å². The summed E-state index contributed by atoms with van der Waals surface area (Å²) in [6.07, 6.45) is 1.35. The summed E-state index contributed by atoms with van der Waals surface area (Å²) in [7, 11) is 0. The molecule has 1 rings (SSSR count). The van der Waals surface area contributed by atoms with Crippen LogP contribution in [0.3, 0.4) is 0 Å². The van der Waals surface area contributed by atoms with Crippen LogP contribution in [-0.2, 0) is 16.1 Å². The lowest BCUT2D eigenvalue weighted by molar-refractivity contribution is -0.144. The van der Waals surface area contributed by atoms with E-state index in [0.29, 0.717) is 13.0 Å². The van der Waals surface area contributed by atoms with Crippen LogP contribution in [0.15, 0.2) is 30.3 Å². The second-order valence-electron chi connectivity index (χ2n) is 2.90. The zero-order valence-corrected chi connectivity index (χ0v) is 7.82. The van der Waals surface area contributed by atoms with Crippen LogP contribution in [-0.4, -0.2) is 5.97 Å². The summed E-state index contributed by atoms with van der Waals surface area (Å²) in [5.41, 5.74) is 1.03. The fraction of sp³-hybridized carbons (Fsp3) is 0.364. The first-order valence-electron chi connectivity index (χ1n) is 4.52. The molecule has 0 amide bonds. The first kappa shape index (κ1) is 9.78. The lowest BCUT2D eigenvalue weighted by Crippen LogP contribution is -2.03. The highest BCUT2D eigenvalue weighted by Crippen LogP contribution is 2.02. The molecule has 0 aliphatic rings. The van der Waals surface area contributed by atoms with E-state index >= 15 is 0 Å². The smallest absolute Gasteiger partial charge is 0.306 e. The maximum Gasteiger partial charge on any atom is 0.306 e. The monoisotopic (exact) mass is 178 g/mol. The van der Waals surface area contributed by atoms with Crippen LogP contribution >= 0.6 is 0 Å². The molecule has 70 valence electrons. The zero-order valence-electron chi connectivity index (χ0n) is 7.82. The molecule has 0 bridgehead atoms. The second-order valence-corrected chi connectivity index (χ2v) is 2.90. The molecule has 2 nitrogen and oxygen atoms in total. The van der Waals surface area contributed by atoms with Crippen molar-refractivity contribution in [3.8, 4) is 0 Å². The van der Waals surface area contributed by atoms with Crippen molar-refractivity contribution < 1.29 is 9.53 Å². The molecule has 0 aliphatic heterocycles. The maximum absolute atomic E-state index is 11.0. The van der Waals surface area contributed by atoms with Gasteiger partial charge in [0.1, 0.15) is 6.61 Å². The quantitative estimate of drug-likeness (QED) is 0.662. The van der Waals surface area contributed by atoms with E-state index in [1.807, 2.05) is 37.3 Å². The van der Waals surface area contributed by atoms with Crippen LogP contribution in [0.25, 0.3) is 0 Å². The SMILES string of the molecule is CCCC(=O)OCc1ccccc1. The molecular weight excluding hydrogens is 164 g/mol. The Balaban J connectivity index is 2.31. The molecule has 0 aliphatic carbocycles. The van der Waals surface area contributed by atoms with Crippen molar-refractivity contribution in [2.75, 3.05) is 0 Å². The van der Waals surface area contributed by atoms with E-state index in [2.05, 4.69) is 0 Å². The number of ether oxygens (including phenoxy) is 1. The van der Waals surface area contributed by atoms with E-state index in [4.69, 9.17) is 4.74 Å². The molecule has 0 aromatic heterocycles. The number of hydrogen-bond acceptors (Lipinski definition) is 2. The van der Waals surface area contributed by atoms with Crippen LogP contribution in [0.2, 0.25) is 0 Å². The topological polar surface area (TPSA) is 26.3 Å². The van der Waals surface area contributed by atoms with Crippen molar-refractivity contribution >= 4 is 5.97 Å². The molecule has 0 saturated carbocycles. The van der Waals surface area contributed by atoms with Gasteiger partial charge in [-0.2, -0.15) is 0 Å². The predicted molar refractivity (Wildman–Crippen MR) is 51.1 cm³/mol. The number of benzene rings is 1. The van der Waals surface area contributed by atoms with Gasteiger partial charge in [-0.3, -0.25) is 4.79 Å². The number of rotatable bonds is 4. The third kappa shape index (κ3) is 3.74. The summed E-state index contributed by atoms with van der Waals surface area (Å²) in [4.78, 5) is 11.0. The average molecular weight is 178 g/mol. The molecule has 0 heterocycles. The van der Waals surface area contributed by atoms with Crippen molar-refractivity contribution in [3.63, 3.8) is 0 Å². The van der Waals surface area contributed by atoms with E-state index in [1.54, 1.807) is 0 Å².